The molecule has 6 nitrogen and oxygen atoms in total. The Morgan fingerprint density at radius 1 is 1.00 bits per heavy atom. The molecule has 0 saturated heterocycles. The van der Waals surface area contributed by atoms with E-state index in [1.807, 2.05) is 30.3 Å². The van der Waals surface area contributed by atoms with Crippen LogP contribution >= 0.6 is 0 Å². The lowest BCUT2D eigenvalue weighted by molar-refractivity contribution is 0.356. The van der Waals surface area contributed by atoms with Crippen molar-refractivity contribution >= 4 is 16.7 Å². The molecule has 3 aromatic rings. The lowest BCUT2D eigenvalue weighted by Crippen LogP contribution is -2.26. The summed E-state index contributed by atoms with van der Waals surface area (Å²) in [6, 6.07) is 14.2. The minimum absolute atomic E-state index is 0.0948. The summed E-state index contributed by atoms with van der Waals surface area (Å²) in [5, 5.41) is 4.46. The first-order chi connectivity index (χ1) is 12.6. The molecule has 0 fully saturated rings. The van der Waals surface area contributed by atoms with Gasteiger partial charge in [-0.15, -0.1) is 0 Å². The van der Waals surface area contributed by atoms with E-state index in [-0.39, 0.29) is 6.04 Å². The number of rotatable bonds is 7. The second kappa shape index (κ2) is 8.01. The molecule has 0 amide bonds. The van der Waals surface area contributed by atoms with Crippen molar-refractivity contribution in [2.24, 2.45) is 0 Å². The first-order valence-electron chi connectivity index (χ1n) is 8.45. The summed E-state index contributed by atoms with van der Waals surface area (Å²) in [4.78, 5) is 11.0. The van der Waals surface area contributed by atoms with Gasteiger partial charge >= 0.3 is 0 Å². The fraction of sp³-hybridized carbons (Fsp3) is 0.300. The van der Waals surface area contributed by atoms with Gasteiger partial charge in [0, 0.05) is 18.0 Å². The fourth-order valence-electron chi connectivity index (χ4n) is 2.95. The van der Waals surface area contributed by atoms with Crippen LogP contribution in [0.25, 0.3) is 10.9 Å². The summed E-state index contributed by atoms with van der Waals surface area (Å²) < 4.78 is 10.8. The number of hydrogen-bond donors (Lipinski definition) is 1. The maximum atomic E-state index is 5.44. The molecule has 0 aliphatic rings. The first-order valence-corrected chi connectivity index (χ1v) is 8.45. The van der Waals surface area contributed by atoms with E-state index >= 15 is 0 Å². The third-order valence-corrected chi connectivity index (χ3v) is 4.20. The normalized spacial score (nSPS) is 12.2. The standard InChI is InChI=1S/C20H24N4O2/c1-24(2)12-17(14-8-6-5-7-9-14)23-20-15-10-18(25-3)19(26-4)11-16(15)21-13-22-20/h5-11,13,17H,12H2,1-4H3,(H,21,22,23). The van der Waals surface area contributed by atoms with Crippen LogP contribution in [0.1, 0.15) is 11.6 Å². The number of fused-ring (bicyclic) bond motifs is 1. The number of benzene rings is 2. The predicted molar refractivity (Wildman–Crippen MR) is 104 cm³/mol. The van der Waals surface area contributed by atoms with Gasteiger partial charge in [0.15, 0.2) is 11.5 Å². The highest BCUT2D eigenvalue weighted by Crippen LogP contribution is 2.34. The molecule has 1 atom stereocenters. The van der Waals surface area contributed by atoms with E-state index in [0.29, 0.717) is 11.5 Å². The number of ether oxygens (including phenoxy) is 2. The molecule has 26 heavy (non-hydrogen) atoms. The molecule has 0 saturated carbocycles. The van der Waals surface area contributed by atoms with E-state index in [4.69, 9.17) is 9.47 Å². The molecule has 1 unspecified atom stereocenters. The summed E-state index contributed by atoms with van der Waals surface area (Å²) >= 11 is 0. The quantitative estimate of drug-likeness (QED) is 0.704. The average molecular weight is 352 g/mol. The van der Waals surface area contributed by atoms with Crippen LogP contribution in [0, 0.1) is 0 Å². The number of nitrogens with zero attached hydrogens (tertiary/aromatic N) is 3. The minimum atomic E-state index is 0.0948. The molecule has 136 valence electrons. The average Bonchev–Trinajstić information content (AvgIpc) is 2.67. The van der Waals surface area contributed by atoms with Gasteiger partial charge < -0.3 is 19.7 Å². The van der Waals surface area contributed by atoms with Crippen LogP contribution in [0.15, 0.2) is 48.8 Å². The summed E-state index contributed by atoms with van der Waals surface area (Å²) in [7, 11) is 7.36. The Morgan fingerprint density at radius 2 is 1.69 bits per heavy atom. The zero-order valence-electron chi connectivity index (χ0n) is 15.6. The fourth-order valence-corrected chi connectivity index (χ4v) is 2.95. The third-order valence-electron chi connectivity index (χ3n) is 4.20. The zero-order valence-corrected chi connectivity index (χ0v) is 15.6. The van der Waals surface area contributed by atoms with Crippen molar-refractivity contribution in [1.29, 1.82) is 0 Å². The van der Waals surface area contributed by atoms with Crippen molar-refractivity contribution in [3.05, 3.63) is 54.4 Å². The van der Waals surface area contributed by atoms with Crippen molar-refractivity contribution in [2.75, 3.05) is 40.2 Å². The summed E-state index contributed by atoms with van der Waals surface area (Å²) in [5.41, 5.74) is 2.00. The Balaban J connectivity index is 2.02. The zero-order chi connectivity index (χ0) is 18.5. The Hall–Kier alpha value is -2.86. The van der Waals surface area contributed by atoms with E-state index in [2.05, 4.69) is 46.4 Å². The van der Waals surface area contributed by atoms with Crippen molar-refractivity contribution < 1.29 is 9.47 Å². The van der Waals surface area contributed by atoms with Gasteiger partial charge in [0.1, 0.15) is 12.1 Å². The summed E-state index contributed by atoms with van der Waals surface area (Å²) in [6.45, 7) is 0.836. The van der Waals surface area contributed by atoms with Crippen LogP contribution < -0.4 is 14.8 Å². The Bertz CT molecular complexity index is 868. The van der Waals surface area contributed by atoms with Gasteiger partial charge in [0.05, 0.1) is 25.8 Å². The SMILES string of the molecule is COc1cc2ncnc(NC(CN(C)C)c3ccccc3)c2cc1OC. The van der Waals surface area contributed by atoms with E-state index in [9.17, 15) is 0 Å². The van der Waals surface area contributed by atoms with E-state index < -0.39 is 0 Å². The van der Waals surface area contributed by atoms with E-state index in [0.717, 1.165) is 23.3 Å². The number of nitrogens with one attached hydrogen (secondary N) is 1. The molecule has 1 N–H and O–H groups in total. The van der Waals surface area contributed by atoms with Crippen molar-refractivity contribution in [2.45, 2.75) is 6.04 Å². The predicted octanol–water partition coefficient (Wildman–Crippen LogP) is 3.36. The highest BCUT2D eigenvalue weighted by molar-refractivity contribution is 5.91. The molecule has 0 spiro atoms. The van der Waals surface area contributed by atoms with Gasteiger partial charge in [-0.05, 0) is 25.7 Å². The Morgan fingerprint density at radius 3 is 2.35 bits per heavy atom. The molecule has 2 aromatic carbocycles. The van der Waals surface area contributed by atoms with Crippen molar-refractivity contribution in [1.82, 2.24) is 14.9 Å². The molecular weight excluding hydrogens is 328 g/mol. The topological polar surface area (TPSA) is 59.5 Å². The Labute approximate surface area is 153 Å². The smallest absolute Gasteiger partial charge is 0.162 e. The molecule has 0 bridgehead atoms. The molecular formula is C20H24N4O2. The molecule has 0 aliphatic carbocycles. The van der Waals surface area contributed by atoms with Gasteiger partial charge in [-0.1, -0.05) is 30.3 Å². The molecule has 6 heteroatoms. The van der Waals surface area contributed by atoms with Crippen LogP contribution in [-0.2, 0) is 0 Å². The monoisotopic (exact) mass is 352 g/mol. The largest absolute Gasteiger partial charge is 0.493 e. The van der Waals surface area contributed by atoms with Gasteiger partial charge in [-0.2, -0.15) is 0 Å². The minimum Gasteiger partial charge on any atom is -0.493 e. The van der Waals surface area contributed by atoms with Crippen LogP contribution in [-0.4, -0.2) is 49.7 Å². The van der Waals surface area contributed by atoms with Gasteiger partial charge in [0.25, 0.3) is 0 Å². The number of methoxy groups -OCH3 is 2. The van der Waals surface area contributed by atoms with Crippen LogP contribution in [0.3, 0.4) is 0 Å². The molecule has 1 heterocycles. The second-order valence-corrected chi connectivity index (χ2v) is 6.32. The third kappa shape index (κ3) is 3.86. The lowest BCUT2D eigenvalue weighted by atomic mass is 10.1. The number of anilines is 1. The van der Waals surface area contributed by atoms with Crippen LogP contribution in [0.5, 0.6) is 11.5 Å². The maximum Gasteiger partial charge on any atom is 0.162 e. The highest BCUT2D eigenvalue weighted by atomic mass is 16.5. The van der Waals surface area contributed by atoms with E-state index in [1.165, 1.54) is 5.56 Å². The van der Waals surface area contributed by atoms with Crippen LogP contribution in [0.4, 0.5) is 5.82 Å². The molecule has 0 radical (unpaired) electrons. The van der Waals surface area contributed by atoms with Crippen molar-refractivity contribution in [3.63, 3.8) is 0 Å². The van der Waals surface area contributed by atoms with Crippen molar-refractivity contribution in [3.8, 4) is 11.5 Å². The highest BCUT2D eigenvalue weighted by Gasteiger charge is 2.16. The maximum absolute atomic E-state index is 5.44. The number of aromatic nitrogens is 2. The summed E-state index contributed by atoms with van der Waals surface area (Å²) in [6.07, 6.45) is 1.56. The van der Waals surface area contributed by atoms with Gasteiger partial charge in [-0.25, -0.2) is 9.97 Å². The van der Waals surface area contributed by atoms with Gasteiger partial charge in [0.2, 0.25) is 0 Å². The van der Waals surface area contributed by atoms with E-state index in [1.54, 1.807) is 20.5 Å². The number of likely N-dealkylation sites (N-methyl/N-ethyl adjacent to an activating group) is 1. The second-order valence-electron chi connectivity index (χ2n) is 6.32. The molecule has 3 rings (SSSR count). The summed E-state index contributed by atoms with van der Waals surface area (Å²) in [5.74, 6) is 2.07. The van der Waals surface area contributed by atoms with Gasteiger partial charge in [-0.3, -0.25) is 0 Å². The molecule has 1 aromatic heterocycles. The number of hydrogen-bond acceptors (Lipinski definition) is 6. The van der Waals surface area contributed by atoms with Crippen LogP contribution in [0.2, 0.25) is 0 Å². The first kappa shape index (κ1) is 17.9. The lowest BCUT2D eigenvalue weighted by Gasteiger charge is -2.24. The Kier molecular flexibility index (Phi) is 5.53. The molecule has 0 aliphatic heterocycles.